The van der Waals surface area contributed by atoms with Gasteiger partial charge >= 0.3 is 5.97 Å². The molecule has 1 atom stereocenters. The van der Waals surface area contributed by atoms with Gasteiger partial charge in [0.1, 0.15) is 11.5 Å². The third kappa shape index (κ3) is 4.88. The molecule has 0 fully saturated rings. The van der Waals surface area contributed by atoms with Crippen molar-refractivity contribution in [2.45, 2.75) is 41.0 Å². The Morgan fingerprint density at radius 3 is 2.43 bits per heavy atom. The standard InChI is InChI=1S/C17H24O4/c1-11-6-7-12(2)15(8-11)21-10-14(13(3)18)9-17(4,5)16(19)20/h6-8,14H,9-10H2,1-5H3,(H,19,20). The van der Waals surface area contributed by atoms with Gasteiger partial charge < -0.3 is 9.84 Å². The second kappa shape index (κ2) is 6.74. The minimum absolute atomic E-state index is 0.0466. The first-order valence-corrected chi connectivity index (χ1v) is 7.07. The van der Waals surface area contributed by atoms with Gasteiger partial charge in [0.15, 0.2) is 0 Å². The summed E-state index contributed by atoms with van der Waals surface area (Å²) in [6, 6.07) is 5.89. The molecule has 0 saturated heterocycles. The van der Waals surface area contributed by atoms with E-state index in [1.165, 1.54) is 6.92 Å². The van der Waals surface area contributed by atoms with Crippen LogP contribution in [0.4, 0.5) is 0 Å². The Labute approximate surface area is 126 Å². The Morgan fingerprint density at radius 2 is 1.90 bits per heavy atom. The Bertz CT molecular complexity index is 532. The molecule has 1 rings (SSSR count). The van der Waals surface area contributed by atoms with Crippen molar-refractivity contribution in [3.05, 3.63) is 29.3 Å². The van der Waals surface area contributed by atoms with Crippen LogP contribution >= 0.6 is 0 Å². The molecule has 1 unspecified atom stereocenters. The number of carboxylic acid groups (broad SMARTS) is 1. The molecule has 0 spiro atoms. The van der Waals surface area contributed by atoms with E-state index in [9.17, 15) is 14.7 Å². The van der Waals surface area contributed by atoms with Crippen molar-refractivity contribution in [1.82, 2.24) is 0 Å². The number of Topliss-reactive ketones (excluding diaryl/α,β-unsaturated/α-hetero) is 1. The molecule has 4 heteroatoms. The van der Waals surface area contributed by atoms with E-state index < -0.39 is 17.3 Å². The highest BCUT2D eigenvalue weighted by atomic mass is 16.5. The zero-order valence-electron chi connectivity index (χ0n) is 13.4. The summed E-state index contributed by atoms with van der Waals surface area (Å²) in [5.74, 6) is -0.625. The van der Waals surface area contributed by atoms with Crippen LogP contribution in [0.3, 0.4) is 0 Å². The van der Waals surface area contributed by atoms with Gasteiger partial charge in [-0.25, -0.2) is 0 Å². The smallest absolute Gasteiger partial charge is 0.309 e. The topological polar surface area (TPSA) is 63.6 Å². The average Bonchev–Trinajstić information content (AvgIpc) is 2.37. The van der Waals surface area contributed by atoms with E-state index >= 15 is 0 Å². The van der Waals surface area contributed by atoms with E-state index in [2.05, 4.69) is 0 Å². The van der Waals surface area contributed by atoms with Crippen LogP contribution in [-0.4, -0.2) is 23.5 Å². The molecular formula is C17H24O4. The van der Waals surface area contributed by atoms with Crippen LogP contribution < -0.4 is 4.74 Å². The van der Waals surface area contributed by atoms with Crippen molar-refractivity contribution in [2.24, 2.45) is 11.3 Å². The molecular weight excluding hydrogens is 268 g/mol. The third-order valence-electron chi connectivity index (χ3n) is 3.69. The van der Waals surface area contributed by atoms with Gasteiger partial charge in [0.05, 0.1) is 17.9 Å². The largest absolute Gasteiger partial charge is 0.493 e. The third-order valence-corrected chi connectivity index (χ3v) is 3.69. The van der Waals surface area contributed by atoms with Crippen molar-refractivity contribution < 1.29 is 19.4 Å². The molecule has 116 valence electrons. The fraction of sp³-hybridized carbons (Fsp3) is 0.529. The van der Waals surface area contributed by atoms with E-state index in [0.29, 0.717) is 0 Å². The monoisotopic (exact) mass is 292 g/mol. The van der Waals surface area contributed by atoms with Crippen LogP contribution in [0.5, 0.6) is 5.75 Å². The molecule has 21 heavy (non-hydrogen) atoms. The second-order valence-electron chi connectivity index (χ2n) is 6.28. The van der Waals surface area contributed by atoms with Crippen LogP contribution in [0.1, 0.15) is 38.3 Å². The molecule has 0 aliphatic heterocycles. The summed E-state index contributed by atoms with van der Waals surface area (Å²) in [5.41, 5.74) is 1.14. The highest BCUT2D eigenvalue weighted by Gasteiger charge is 2.32. The molecule has 0 radical (unpaired) electrons. The van der Waals surface area contributed by atoms with E-state index in [4.69, 9.17) is 4.74 Å². The van der Waals surface area contributed by atoms with Crippen molar-refractivity contribution in [3.8, 4) is 5.75 Å². The van der Waals surface area contributed by atoms with Crippen LogP contribution in [-0.2, 0) is 9.59 Å². The summed E-state index contributed by atoms with van der Waals surface area (Å²) in [4.78, 5) is 22.9. The molecule has 0 aliphatic carbocycles. The van der Waals surface area contributed by atoms with Crippen molar-refractivity contribution >= 4 is 11.8 Å². The normalized spacial score (nSPS) is 12.8. The average molecular weight is 292 g/mol. The number of ether oxygens (including phenoxy) is 1. The lowest BCUT2D eigenvalue weighted by Crippen LogP contribution is -2.32. The SMILES string of the molecule is CC(=O)C(COc1cc(C)ccc1C)CC(C)(C)C(=O)O. The van der Waals surface area contributed by atoms with Gasteiger partial charge in [0, 0.05) is 0 Å². The molecule has 0 heterocycles. The molecule has 0 aromatic heterocycles. The van der Waals surface area contributed by atoms with Gasteiger partial charge in [-0.05, 0) is 58.2 Å². The number of aryl methyl sites for hydroxylation is 2. The molecule has 0 amide bonds. The molecule has 0 saturated carbocycles. The zero-order valence-corrected chi connectivity index (χ0v) is 13.4. The molecule has 1 N–H and O–H groups in total. The Balaban J connectivity index is 2.78. The Hall–Kier alpha value is -1.84. The molecule has 1 aromatic rings. The number of hydrogen-bond donors (Lipinski definition) is 1. The molecule has 1 aromatic carbocycles. The van der Waals surface area contributed by atoms with Crippen molar-refractivity contribution in [1.29, 1.82) is 0 Å². The summed E-state index contributed by atoms with van der Waals surface area (Å²) in [6.45, 7) is 8.86. The molecule has 0 aliphatic rings. The maximum Gasteiger partial charge on any atom is 0.309 e. The van der Waals surface area contributed by atoms with Crippen LogP contribution in [0.2, 0.25) is 0 Å². The Kier molecular flexibility index (Phi) is 5.53. The number of hydrogen-bond acceptors (Lipinski definition) is 3. The summed E-state index contributed by atoms with van der Waals surface area (Å²) >= 11 is 0. The number of carboxylic acids is 1. The van der Waals surface area contributed by atoms with E-state index in [1.54, 1.807) is 13.8 Å². The van der Waals surface area contributed by atoms with Crippen molar-refractivity contribution in [2.75, 3.05) is 6.61 Å². The van der Waals surface area contributed by atoms with Crippen LogP contribution in [0.15, 0.2) is 18.2 Å². The fourth-order valence-electron chi connectivity index (χ4n) is 2.08. The fourth-order valence-corrected chi connectivity index (χ4v) is 2.08. The minimum Gasteiger partial charge on any atom is -0.493 e. The quantitative estimate of drug-likeness (QED) is 0.836. The molecule has 0 bridgehead atoms. The summed E-state index contributed by atoms with van der Waals surface area (Å²) in [7, 11) is 0. The van der Waals surface area contributed by atoms with Gasteiger partial charge in [-0.2, -0.15) is 0 Å². The lowest BCUT2D eigenvalue weighted by atomic mass is 9.81. The lowest BCUT2D eigenvalue weighted by molar-refractivity contribution is -0.148. The number of ketones is 1. The number of carbonyl (C=O) groups is 2. The lowest BCUT2D eigenvalue weighted by Gasteiger charge is -2.24. The van der Waals surface area contributed by atoms with Gasteiger partial charge in [0.2, 0.25) is 0 Å². The second-order valence-corrected chi connectivity index (χ2v) is 6.28. The number of benzene rings is 1. The number of rotatable bonds is 7. The van der Waals surface area contributed by atoms with Gasteiger partial charge in [-0.15, -0.1) is 0 Å². The first-order chi connectivity index (χ1) is 9.63. The Morgan fingerprint density at radius 1 is 1.29 bits per heavy atom. The summed E-state index contributed by atoms with van der Waals surface area (Å²) in [6.07, 6.45) is 0.266. The van der Waals surface area contributed by atoms with E-state index in [1.807, 2.05) is 32.0 Å². The zero-order chi connectivity index (χ0) is 16.2. The van der Waals surface area contributed by atoms with Gasteiger partial charge in [0.25, 0.3) is 0 Å². The first kappa shape index (κ1) is 17.2. The van der Waals surface area contributed by atoms with E-state index in [0.717, 1.165) is 16.9 Å². The minimum atomic E-state index is -0.943. The molecule has 4 nitrogen and oxygen atoms in total. The van der Waals surface area contributed by atoms with Crippen LogP contribution in [0.25, 0.3) is 0 Å². The predicted octanol–water partition coefficient (Wildman–Crippen LogP) is 3.39. The first-order valence-electron chi connectivity index (χ1n) is 7.07. The number of aliphatic carboxylic acids is 1. The number of carbonyl (C=O) groups excluding carboxylic acids is 1. The van der Waals surface area contributed by atoms with Gasteiger partial charge in [-0.1, -0.05) is 12.1 Å². The predicted molar refractivity (Wildman–Crippen MR) is 81.6 cm³/mol. The highest BCUT2D eigenvalue weighted by Crippen LogP contribution is 2.28. The maximum absolute atomic E-state index is 11.7. The van der Waals surface area contributed by atoms with Gasteiger partial charge in [-0.3, -0.25) is 9.59 Å². The van der Waals surface area contributed by atoms with Crippen LogP contribution in [0, 0.1) is 25.2 Å². The maximum atomic E-state index is 11.7. The highest BCUT2D eigenvalue weighted by molar-refractivity contribution is 5.80. The van der Waals surface area contributed by atoms with E-state index in [-0.39, 0.29) is 18.8 Å². The summed E-state index contributed by atoms with van der Waals surface area (Å²) in [5, 5.41) is 9.19. The van der Waals surface area contributed by atoms with Crippen molar-refractivity contribution in [3.63, 3.8) is 0 Å². The summed E-state index contributed by atoms with van der Waals surface area (Å²) < 4.78 is 5.75.